The molecule has 0 saturated heterocycles. The average molecular weight is 326 g/mol. The lowest BCUT2D eigenvalue weighted by Gasteiger charge is -2.09. The van der Waals surface area contributed by atoms with E-state index >= 15 is 0 Å². The molecule has 0 radical (unpaired) electrons. The van der Waals surface area contributed by atoms with Crippen LogP contribution in [0.15, 0.2) is 59.9 Å². The van der Waals surface area contributed by atoms with E-state index in [0.717, 1.165) is 15.5 Å². The molecule has 0 atom stereocenters. The monoisotopic (exact) mass is 326 g/mol. The normalized spacial score (nSPS) is 10.6. The van der Waals surface area contributed by atoms with Gasteiger partial charge >= 0.3 is 5.97 Å². The van der Waals surface area contributed by atoms with Crippen molar-refractivity contribution >= 4 is 37.5 Å². The molecule has 1 heterocycles. The van der Waals surface area contributed by atoms with Gasteiger partial charge in [0.05, 0.1) is 4.70 Å². The molecule has 3 aromatic rings. The van der Waals surface area contributed by atoms with Crippen molar-refractivity contribution in [2.75, 3.05) is 13.2 Å². The van der Waals surface area contributed by atoms with Crippen molar-refractivity contribution < 1.29 is 14.3 Å². The molecule has 0 bridgehead atoms. The van der Waals surface area contributed by atoms with Crippen LogP contribution in [0.5, 0.6) is 5.75 Å². The maximum atomic E-state index is 12.6. The lowest BCUT2D eigenvalue weighted by atomic mass is 10.2. The average Bonchev–Trinajstić information content (AvgIpc) is 2.59. The van der Waals surface area contributed by atoms with Gasteiger partial charge in [-0.1, -0.05) is 24.8 Å². The molecule has 0 saturated carbocycles. The van der Waals surface area contributed by atoms with Crippen molar-refractivity contribution in [3.8, 4) is 5.75 Å². The summed E-state index contributed by atoms with van der Waals surface area (Å²) in [5.74, 6) is 0.132. The van der Waals surface area contributed by atoms with Crippen LogP contribution in [0.25, 0.3) is 20.2 Å². The predicted octanol–water partition coefficient (Wildman–Crippen LogP) is 3.52. The van der Waals surface area contributed by atoms with Crippen LogP contribution in [-0.4, -0.2) is 19.2 Å². The van der Waals surface area contributed by atoms with Gasteiger partial charge in [0.2, 0.25) is 0 Å². The van der Waals surface area contributed by atoms with E-state index in [0.29, 0.717) is 16.5 Å². The number of benzene rings is 2. The molecule has 23 heavy (non-hydrogen) atoms. The van der Waals surface area contributed by atoms with Crippen LogP contribution in [0.3, 0.4) is 0 Å². The third-order valence-corrected chi connectivity index (χ3v) is 4.52. The van der Waals surface area contributed by atoms with Gasteiger partial charge in [-0.3, -0.25) is 4.79 Å². The van der Waals surface area contributed by atoms with Gasteiger partial charge in [0.15, 0.2) is 5.43 Å². The summed E-state index contributed by atoms with van der Waals surface area (Å²) >= 11 is 1.51. The molecule has 0 amide bonds. The van der Waals surface area contributed by atoms with Gasteiger partial charge in [-0.05, 0) is 24.3 Å². The number of carbonyl (C=O) groups excluding carboxylic acids is 1. The maximum absolute atomic E-state index is 12.6. The van der Waals surface area contributed by atoms with Crippen molar-refractivity contribution in [3.05, 3.63) is 65.3 Å². The number of esters is 1. The summed E-state index contributed by atoms with van der Waals surface area (Å²) in [6, 6.07) is 12.9. The first kappa shape index (κ1) is 15.2. The maximum Gasteiger partial charge on any atom is 0.330 e. The lowest BCUT2D eigenvalue weighted by Crippen LogP contribution is -2.10. The SMILES string of the molecule is C=CC(=O)OCCOc1cccc2c(=O)c3ccccc3sc12. The van der Waals surface area contributed by atoms with Crippen molar-refractivity contribution in [1.82, 2.24) is 0 Å². The molecule has 1 aromatic heterocycles. The quantitative estimate of drug-likeness (QED) is 0.311. The predicted molar refractivity (Wildman–Crippen MR) is 92.3 cm³/mol. The van der Waals surface area contributed by atoms with Crippen molar-refractivity contribution in [2.45, 2.75) is 0 Å². The first-order valence-electron chi connectivity index (χ1n) is 7.07. The molecule has 2 aromatic carbocycles. The summed E-state index contributed by atoms with van der Waals surface area (Å²) in [6.45, 7) is 3.67. The van der Waals surface area contributed by atoms with E-state index < -0.39 is 5.97 Å². The molecule has 0 N–H and O–H groups in total. The minimum atomic E-state index is -0.484. The number of rotatable bonds is 5. The molecule has 0 fully saturated rings. The molecular weight excluding hydrogens is 312 g/mol. The standard InChI is InChI=1S/C18H14O4S/c1-2-16(19)22-11-10-21-14-8-5-7-13-17(20)12-6-3-4-9-15(12)23-18(13)14/h2-9H,1,10-11H2. The summed E-state index contributed by atoms with van der Waals surface area (Å²) in [6.07, 6.45) is 1.11. The van der Waals surface area contributed by atoms with Crippen molar-refractivity contribution in [3.63, 3.8) is 0 Å². The van der Waals surface area contributed by atoms with Gasteiger partial charge in [0.1, 0.15) is 19.0 Å². The Kier molecular flexibility index (Phi) is 4.39. The van der Waals surface area contributed by atoms with Crippen LogP contribution in [0.4, 0.5) is 0 Å². The fourth-order valence-electron chi connectivity index (χ4n) is 2.26. The highest BCUT2D eigenvalue weighted by atomic mass is 32.1. The summed E-state index contributed by atoms with van der Waals surface area (Å²) in [4.78, 5) is 23.6. The van der Waals surface area contributed by atoms with E-state index in [-0.39, 0.29) is 18.6 Å². The Hall–Kier alpha value is -2.66. The van der Waals surface area contributed by atoms with E-state index in [1.807, 2.05) is 30.3 Å². The molecule has 4 nitrogen and oxygen atoms in total. The van der Waals surface area contributed by atoms with Crippen LogP contribution in [0.1, 0.15) is 0 Å². The van der Waals surface area contributed by atoms with E-state index in [2.05, 4.69) is 6.58 Å². The molecule has 0 aliphatic carbocycles. The molecular formula is C18H14O4S. The second-order valence-electron chi connectivity index (χ2n) is 4.78. The van der Waals surface area contributed by atoms with E-state index in [1.165, 1.54) is 11.3 Å². The fraction of sp³-hybridized carbons (Fsp3) is 0.111. The third-order valence-electron chi connectivity index (χ3n) is 3.32. The number of ether oxygens (including phenoxy) is 2. The smallest absolute Gasteiger partial charge is 0.330 e. The minimum absolute atomic E-state index is 0.00196. The van der Waals surface area contributed by atoms with Gasteiger partial charge in [0, 0.05) is 21.5 Å². The largest absolute Gasteiger partial charge is 0.489 e. The second kappa shape index (κ2) is 6.62. The van der Waals surface area contributed by atoms with Gasteiger partial charge in [-0.2, -0.15) is 0 Å². The summed E-state index contributed by atoms with van der Waals surface area (Å²) in [7, 11) is 0. The highest BCUT2D eigenvalue weighted by Crippen LogP contribution is 2.31. The molecule has 0 spiro atoms. The van der Waals surface area contributed by atoms with Crippen LogP contribution in [0.2, 0.25) is 0 Å². The molecule has 0 aliphatic heterocycles. The fourth-order valence-corrected chi connectivity index (χ4v) is 3.40. The van der Waals surface area contributed by atoms with Gasteiger partial charge < -0.3 is 9.47 Å². The summed E-state index contributed by atoms with van der Waals surface area (Å²) in [5.41, 5.74) is -0.00196. The third kappa shape index (κ3) is 3.10. The Morgan fingerprint density at radius 2 is 1.87 bits per heavy atom. The van der Waals surface area contributed by atoms with Gasteiger partial charge in [-0.25, -0.2) is 4.79 Å². The van der Waals surface area contributed by atoms with Crippen LogP contribution in [0, 0.1) is 0 Å². The zero-order valence-corrected chi connectivity index (χ0v) is 13.1. The van der Waals surface area contributed by atoms with Crippen LogP contribution in [-0.2, 0) is 9.53 Å². The Bertz CT molecular complexity index is 943. The molecule has 3 rings (SSSR count). The minimum Gasteiger partial charge on any atom is -0.489 e. The number of carbonyl (C=O) groups is 1. The number of fused-ring (bicyclic) bond motifs is 2. The van der Waals surface area contributed by atoms with E-state index in [4.69, 9.17) is 9.47 Å². The lowest BCUT2D eigenvalue weighted by molar-refractivity contribution is -0.138. The molecule has 0 unspecified atom stereocenters. The summed E-state index contributed by atoms with van der Waals surface area (Å²) < 4.78 is 12.3. The van der Waals surface area contributed by atoms with Crippen molar-refractivity contribution in [1.29, 1.82) is 0 Å². The first-order valence-corrected chi connectivity index (χ1v) is 7.89. The van der Waals surface area contributed by atoms with Crippen molar-refractivity contribution in [2.24, 2.45) is 0 Å². The molecule has 0 aliphatic rings. The Morgan fingerprint density at radius 3 is 2.70 bits per heavy atom. The first-order chi connectivity index (χ1) is 11.2. The molecule has 5 heteroatoms. The Labute approximate surface area is 136 Å². The topological polar surface area (TPSA) is 52.6 Å². The second-order valence-corrected chi connectivity index (χ2v) is 5.83. The van der Waals surface area contributed by atoms with E-state index in [9.17, 15) is 9.59 Å². The number of hydrogen-bond donors (Lipinski definition) is 0. The Balaban J connectivity index is 1.93. The van der Waals surface area contributed by atoms with Gasteiger partial charge in [0.25, 0.3) is 0 Å². The highest BCUT2D eigenvalue weighted by molar-refractivity contribution is 7.24. The summed E-state index contributed by atoms with van der Waals surface area (Å²) in [5, 5.41) is 1.34. The zero-order valence-electron chi connectivity index (χ0n) is 12.3. The van der Waals surface area contributed by atoms with Crippen LogP contribution < -0.4 is 10.2 Å². The zero-order chi connectivity index (χ0) is 16.2. The highest BCUT2D eigenvalue weighted by Gasteiger charge is 2.10. The number of hydrogen-bond acceptors (Lipinski definition) is 5. The Morgan fingerprint density at radius 1 is 1.09 bits per heavy atom. The van der Waals surface area contributed by atoms with Crippen LogP contribution >= 0.6 is 11.3 Å². The molecule has 116 valence electrons. The van der Waals surface area contributed by atoms with E-state index in [1.54, 1.807) is 12.1 Å². The van der Waals surface area contributed by atoms with Gasteiger partial charge in [-0.15, -0.1) is 11.3 Å².